The SMILES string of the molecule is O=C(O)c1c(F)c(O)c(O)c(O)c1C1Cc2c(O)cc(O)cc2O[C@H]1c1cc(O)c(O)c(O)c1. The van der Waals surface area contributed by atoms with Gasteiger partial charge in [0.1, 0.15) is 28.9 Å². The first kappa shape index (κ1) is 22.5. The maximum Gasteiger partial charge on any atom is 0.339 e. The molecule has 1 aliphatic rings. The van der Waals surface area contributed by atoms with Crippen LogP contribution in [0.25, 0.3) is 0 Å². The van der Waals surface area contributed by atoms with E-state index in [0.29, 0.717) is 0 Å². The number of fused-ring (bicyclic) bond motifs is 1. The summed E-state index contributed by atoms with van der Waals surface area (Å²) in [5.41, 5.74) is -1.97. The van der Waals surface area contributed by atoms with Crippen LogP contribution in [-0.2, 0) is 6.42 Å². The summed E-state index contributed by atoms with van der Waals surface area (Å²) in [6.07, 6.45) is -1.79. The second kappa shape index (κ2) is 7.69. The summed E-state index contributed by atoms with van der Waals surface area (Å²) in [6.45, 7) is 0. The van der Waals surface area contributed by atoms with Crippen LogP contribution in [-0.4, -0.2) is 51.9 Å². The minimum Gasteiger partial charge on any atom is -0.508 e. The van der Waals surface area contributed by atoms with Crippen molar-refractivity contribution in [2.75, 3.05) is 0 Å². The normalized spacial score (nSPS) is 17.1. The summed E-state index contributed by atoms with van der Waals surface area (Å²) in [7, 11) is 0. The fraction of sp³-hybridized carbons (Fsp3) is 0.136. The maximum atomic E-state index is 14.7. The fourth-order valence-electron chi connectivity index (χ4n) is 4.08. The Hall–Kier alpha value is -4.74. The Morgan fingerprint density at radius 2 is 1.44 bits per heavy atom. The molecule has 0 aromatic heterocycles. The molecular weight excluding hydrogens is 459 g/mol. The molecular formula is C22H17FO11. The Morgan fingerprint density at radius 3 is 2.03 bits per heavy atom. The van der Waals surface area contributed by atoms with Crippen molar-refractivity contribution in [2.24, 2.45) is 0 Å². The second-order valence-electron chi connectivity index (χ2n) is 7.65. The Morgan fingerprint density at radius 1 is 0.824 bits per heavy atom. The molecule has 1 aliphatic heterocycles. The molecule has 11 nitrogen and oxygen atoms in total. The lowest BCUT2D eigenvalue weighted by Crippen LogP contribution is -2.26. The average molecular weight is 476 g/mol. The van der Waals surface area contributed by atoms with Gasteiger partial charge in [0, 0.05) is 34.7 Å². The molecule has 2 atom stereocenters. The van der Waals surface area contributed by atoms with Crippen molar-refractivity contribution in [3.05, 3.63) is 52.3 Å². The molecule has 1 heterocycles. The van der Waals surface area contributed by atoms with E-state index in [1.54, 1.807) is 0 Å². The molecule has 34 heavy (non-hydrogen) atoms. The van der Waals surface area contributed by atoms with Gasteiger partial charge in [0.15, 0.2) is 34.6 Å². The van der Waals surface area contributed by atoms with E-state index in [4.69, 9.17) is 4.74 Å². The first-order chi connectivity index (χ1) is 15.9. The lowest BCUT2D eigenvalue weighted by Gasteiger charge is -2.35. The number of carboxylic acids is 1. The van der Waals surface area contributed by atoms with Crippen LogP contribution in [0.1, 0.15) is 39.1 Å². The Labute approximate surface area is 189 Å². The van der Waals surface area contributed by atoms with E-state index in [9.17, 15) is 55.1 Å². The van der Waals surface area contributed by atoms with Crippen LogP contribution in [0.4, 0.5) is 4.39 Å². The van der Waals surface area contributed by atoms with Gasteiger partial charge in [-0.1, -0.05) is 0 Å². The van der Waals surface area contributed by atoms with Crippen molar-refractivity contribution in [3.63, 3.8) is 0 Å². The average Bonchev–Trinajstić information content (AvgIpc) is 2.77. The predicted octanol–water partition coefficient (Wildman–Crippen LogP) is 2.63. The smallest absolute Gasteiger partial charge is 0.339 e. The number of benzene rings is 3. The molecule has 1 unspecified atom stereocenters. The number of hydrogen-bond donors (Lipinski definition) is 9. The van der Waals surface area contributed by atoms with Crippen molar-refractivity contribution < 1.29 is 59.9 Å². The molecule has 9 N–H and O–H groups in total. The molecule has 0 amide bonds. The van der Waals surface area contributed by atoms with Gasteiger partial charge in [-0.05, 0) is 18.6 Å². The van der Waals surface area contributed by atoms with Gasteiger partial charge in [-0.25, -0.2) is 9.18 Å². The highest BCUT2D eigenvalue weighted by molar-refractivity contribution is 5.92. The standard InChI is InChI=1S/C22H17FO11/c23-16-15(22(32)33)14(18(29)20(31)19(16)30)9-5-8-10(25)3-7(24)4-13(8)34-21(9)6-1-11(26)17(28)12(27)2-6/h1-4,9,21,24-31H,5H2,(H,32,33)/t9?,21-/m0/s1. The van der Waals surface area contributed by atoms with Crippen LogP contribution in [0.5, 0.6) is 51.7 Å². The van der Waals surface area contributed by atoms with Crippen LogP contribution in [0.3, 0.4) is 0 Å². The largest absolute Gasteiger partial charge is 0.508 e. The van der Waals surface area contributed by atoms with Crippen molar-refractivity contribution in [1.29, 1.82) is 0 Å². The lowest BCUT2D eigenvalue weighted by atomic mass is 9.79. The summed E-state index contributed by atoms with van der Waals surface area (Å²) in [5.74, 6) is -12.5. The zero-order chi connectivity index (χ0) is 25.1. The van der Waals surface area contributed by atoms with Crippen LogP contribution in [0.2, 0.25) is 0 Å². The third-order valence-electron chi connectivity index (χ3n) is 5.62. The second-order valence-corrected chi connectivity index (χ2v) is 7.65. The number of aromatic hydroxyl groups is 8. The van der Waals surface area contributed by atoms with Gasteiger partial charge in [0.2, 0.25) is 5.75 Å². The third-order valence-corrected chi connectivity index (χ3v) is 5.62. The van der Waals surface area contributed by atoms with E-state index in [-0.39, 0.29) is 23.3 Å². The monoisotopic (exact) mass is 476 g/mol. The molecule has 12 heteroatoms. The number of carboxylic acid groups (broad SMARTS) is 1. The van der Waals surface area contributed by atoms with E-state index in [2.05, 4.69) is 0 Å². The van der Waals surface area contributed by atoms with Gasteiger partial charge in [-0.3, -0.25) is 0 Å². The molecule has 3 aromatic rings. The number of rotatable bonds is 3. The fourth-order valence-corrected chi connectivity index (χ4v) is 4.08. The van der Waals surface area contributed by atoms with E-state index in [1.165, 1.54) is 0 Å². The zero-order valence-corrected chi connectivity index (χ0v) is 16.9. The number of halogens is 1. The summed E-state index contributed by atoms with van der Waals surface area (Å²) >= 11 is 0. The molecule has 0 spiro atoms. The number of phenols is 8. The van der Waals surface area contributed by atoms with Crippen molar-refractivity contribution in [3.8, 4) is 51.7 Å². The van der Waals surface area contributed by atoms with Crippen LogP contribution < -0.4 is 4.74 Å². The summed E-state index contributed by atoms with van der Waals surface area (Å²) in [6, 6.07) is 3.98. The van der Waals surface area contributed by atoms with Gasteiger partial charge >= 0.3 is 5.97 Å². The van der Waals surface area contributed by atoms with Gasteiger partial charge in [0.25, 0.3) is 0 Å². The van der Waals surface area contributed by atoms with E-state index >= 15 is 0 Å². The molecule has 4 rings (SSSR count). The van der Waals surface area contributed by atoms with Crippen LogP contribution in [0.15, 0.2) is 24.3 Å². The maximum absolute atomic E-state index is 14.7. The van der Waals surface area contributed by atoms with Gasteiger partial charge in [-0.2, -0.15) is 0 Å². The van der Waals surface area contributed by atoms with Crippen LogP contribution >= 0.6 is 0 Å². The molecule has 0 radical (unpaired) electrons. The molecule has 3 aromatic carbocycles. The lowest BCUT2D eigenvalue weighted by molar-refractivity contribution is 0.0684. The molecule has 0 aliphatic carbocycles. The number of carbonyl (C=O) groups is 1. The predicted molar refractivity (Wildman–Crippen MR) is 109 cm³/mol. The Bertz CT molecular complexity index is 1330. The third kappa shape index (κ3) is 3.32. The molecule has 178 valence electrons. The zero-order valence-electron chi connectivity index (χ0n) is 16.9. The van der Waals surface area contributed by atoms with Gasteiger partial charge in [0.05, 0.1) is 0 Å². The highest BCUT2D eigenvalue weighted by atomic mass is 19.1. The highest BCUT2D eigenvalue weighted by Crippen LogP contribution is 2.54. The minimum absolute atomic E-state index is 0.0231. The molecule has 0 fully saturated rings. The molecule has 0 saturated carbocycles. The van der Waals surface area contributed by atoms with Crippen molar-refractivity contribution in [2.45, 2.75) is 18.4 Å². The molecule has 0 bridgehead atoms. The van der Waals surface area contributed by atoms with E-state index < -0.39 is 80.9 Å². The minimum atomic E-state index is -1.91. The van der Waals surface area contributed by atoms with Crippen LogP contribution in [0, 0.1) is 5.82 Å². The topological polar surface area (TPSA) is 208 Å². The van der Waals surface area contributed by atoms with Crippen molar-refractivity contribution >= 4 is 5.97 Å². The number of phenolic OH excluding ortho intramolecular Hbond substituents is 8. The van der Waals surface area contributed by atoms with Gasteiger partial charge in [-0.15, -0.1) is 0 Å². The van der Waals surface area contributed by atoms with E-state index in [1.807, 2.05) is 0 Å². The first-order valence-electron chi connectivity index (χ1n) is 9.58. The highest BCUT2D eigenvalue weighted by Gasteiger charge is 2.41. The molecule has 0 saturated heterocycles. The number of hydrogen-bond acceptors (Lipinski definition) is 10. The Balaban J connectivity index is 2.04. The first-order valence-corrected chi connectivity index (χ1v) is 9.58. The van der Waals surface area contributed by atoms with E-state index in [0.717, 1.165) is 24.3 Å². The summed E-state index contributed by atoms with van der Waals surface area (Å²) < 4.78 is 20.5. The number of aromatic carboxylic acids is 1. The summed E-state index contributed by atoms with van der Waals surface area (Å²) in [4.78, 5) is 11.9. The number of ether oxygens (including phenoxy) is 1. The Kier molecular flexibility index (Phi) is 5.08. The van der Waals surface area contributed by atoms with Crippen molar-refractivity contribution in [1.82, 2.24) is 0 Å². The van der Waals surface area contributed by atoms with Gasteiger partial charge < -0.3 is 50.7 Å². The summed E-state index contributed by atoms with van der Waals surface area (Å²) in [5, 5.41) is 89.5. The quantitative estimate of drug-likeness (QED) is 0.251.